The van der Waals surface area contributed by atoms with Gasteiger partial charge in [-0.2, -0.15) is 0 Å². The summed E-state index contributed by atoms with van der Waals surface area (Å²) >= 11 is 0. The summed E-state index contributed by atoms with van der Waals surface area (Å²) < 4.78 is 5.41. The molecule has 1 amide bonds. The second-order valence-electron chi connectivity index (χ2n) is 7.97. The van der Waals surface area contributed by atoms with E-state index >= 15 is 0 Å². The molecular formula is C23H31NO3. The van der Waals surface area contributed by atoms with Crippen LogP contribution in [0.15, 0.2) is 23.8 Å². The molecule has 0 N–H and O–H groups in total. The van der Waals surface area contributed by atoms with E-state index in [0.717, 1.165) is 54.7 Å². The molecule has 1 atom stereocenters. The Morgan fingerprint density at radius 3 is 2.52 bits per heavy atom. The molecule has 146 valence electrons. The van der Waals surface area contributed by atoms with Crippen LogP contribution in [0.4, 0.5) is 0 Å². The third-order valence-corrected chi connectivity index (χ3v) is 5.86. The number of Topliss-reactive ketones (excluding diaryl/α,β-unsaturated/α-hetero) is 1. The summed E-state index contributed by atoms with van der Waals surface area (Å²) in [5.74, 6) is 1.07. The van der Waals surface area contributed by atoms with Crippen molar-refractivity contribution in [1.29, 1.82) is 0 Å². The molecule has 1 aromatic rings. The number of ketones is 1. The van der Waals surface area contributed by atoms with Gasteiger partial charge in [0.1, 0.15) is 5.75 Å². The van der Waals surface area contributed by atoms with Gasteiger partial charge in [-0.25, -0.2) is 0 Å². The molecule has 1 aromatic carbocycles. The zero-order valence-corrected chi connectivity index (χ0v) is 16.8. The first-order valence-electron chi connectivity index (χ1n) is 10.1. The summed E-state index contributed by atoms with van der Waals surface area (Å²) in [4.78, 5) is 27.7. The van der Waals surface area contributed by atoms with Crippen LogP contribution in [0, 0.1) is 19.8 Å². The normalized spacial score (nSPS) is 20.2. The summed E-state index contributed by atoms with van der Waals surface area (Å²) in [6.45, 7) is 5.26. The van der Waals surface area contributed by atoms with Gasteiger partial charge in [0.25, 0.3) is 0 Å². The molecule has 4 nitrogen and oxygen atoms in total. The van der Waals surface area contributed by atoms with Crippen LogP contribution in [-0.2, 0) is 4.79 Å². The van der Waals surface area contributed by atoms with Crippen molar-refractivity contribution in [2.45, 2.75) is 58.8 Å². The minimum absolute atomic E-state index is 0.102. The SMILES string of the molecule is COc1c(C)cc(C(=O)[C@@H]2CCCN(C(=O)CC3=CCCCC3)C2)cc1C. The molecule has 0 unspecified atom stereocenters. The van der Waals surface area contributed by atoms with E-state index in [2.05, 4.69) is 6.08 Å². The summed E-state index contributed by atoms with van der Waals surface area (Å²) in [6.07, 6.45) is 9.09. The predicted octanol–water partition coefficient (Wildman–Crippen LogP) is 4.62. The molecule has 1 saturated heterocycles. The maximum Gasteiger partial charge on any atom is 0.226 e. The highest BCUT2D eigenvalue weighted by molar-refractivity contribution is 5.99. The average Bonchev–Trinajstić information content (AvgIpc) is 2.68. The van der Waals surface area contributed by atoms with E-state index in [0.29, 0.717) is 13.0 Å². The number of hydrogen-bond acceptors (Lipinski definition) is 3. The van der Waals surface area contributed by atoms with Crippen LogP contribution in [-0.4, -0.2) is 36.8 Å². The number of ether oxygens (including phenoxy) is 1. The number of carbonyl (C=O) groups is 2. The maximum absolute atomic E-state index is 13.1. The Bertz CT molecular complexity index is 727. The highest BCUT2D eigenvalue weighted by Gasteiger charge is 2.29. The molecule has 3 rings (SSSR count). The van der Waals surface area contributed by atoms with Crippen molar-refractivity contribution in [3.8, 4) is 5.75 Å². The van der Waals surface area contributed by atoms with Crippen molar-refractivity contribution in [3.05, 3.63) is 40.5 Å². The fourth-order valence-corrected chi connectivity index (χ4v) is 4.44. The van der Waals surface area contributed by atoms with E-state index in [1.807, 2.05) is 30.9 Å². The van der Waals surface area contributed by atoms with Gasteiger partial charge >= 0.3 is 0 Å². The minimum atomic E-state index is -0.102. The highest BCUT2D eigenvalue weighted by Crippen LogP contribution is 2.28. The number of allylic oxidation sites excluding steroid dienone is 1. The molecule has 27 heavy (non-hydrogen) atoms. The second kappa shape index (κ2) is 8.73. The Balaban J connectivity index is 1.67. The zero-order chi connectivity index (χ0) is 19.4. The third kappa shape index (κ3) is 4.60. The van der Waals surface area contributed by atoms with Crippen LogP contribution >= 0.6 is 0 Å². The standard InChI is InChI=1S/C23H31NO3/c1-16-12-20(13-17(2)23(16)27-3)22(26)19-10-7-11-24(15-19)21(25)14-18-8-5-4-6-9-18/h8,12-13,19H,4-7,9-11,14-15H2,1-3H3/t19-/m1/s1. The molecule has 0 radical (unpaired) electrons. The lowest BCUT2D eigenvalue weighted by Crippen LogP contribution is -2.42. The molecule has 1 fully saturated rings. The molecule has 4 heteroatoms. The van der Waals surface area contributed by atoms with E-state index < -0.39 is 0 Å². The van der Waals surface area contributed by atoms with Crippen LogP contribution < -0.4 is 4.74 Å². The number of aryl methyl sites for hydroxylation is 2. The van der Waals surface area contributed by atoms with Crippen LogP contribution in [0.5, 0.6) is 5.75 Å². The van der Waals surface area contributed by atoms with Crippen LogP contribution in [0.2, 0.25) is 0 Å². The van der Waals surface area contributed by atoms with Gasteiger partial charge in [0.15, 0.2) is 5.78 Å². The molecule has 1 heterocycles. The smallest absolute Gasteiger partial charge is 0.226 e. The van der Waals surface area contributed by atoms with Gasteiger partial charge in [0.05, 0.1) is 7.11 Å². The van der Waals surface area contributed by atoms with Gasteiger partial charge in [-0.15, -0.1) is 0 Å². The van der Waals surface area contributed by atoms with Crippen molar-refractivity contribution >= 4 is 11.7 Å². The maximum atomic E-state index is 13.1. The Labute approximate surface area is 162 Å². The van der Waals surface area contributed by atoms with Gasteiger partial charge < -0.3 is 9.64 Å². The number of benzene rings is 1. The van der Waals surface area contributed by atoms with Gasteiger partial charge in [0, 0.05) is 31.0 Å². The monoisotopic (exact) mass is 369 g/mol. The average molecular weight is 370 g/mol. The molecule has 0 spiro atoms. The summed E-state index contributed by atoms with van der Waals surface area (Å²) in [5.41, 5.74) is 3.98. The van der Waals surface area contributed by atoms with E-state index in [9.17, 15) is 9.59 Å². The molecule has 0 aromatic heterocycles. The zero-order valence-electron chi connectivity index (χ0n) is 16.8. The van der Waals surface area contributed by atoms with Gasteiger partial charge in [-0.3, -0.25) is 9.59 Å². The highest BCUT2D eigenvalue weighted by atomic mass is 16.5. The van der Waals surface area contributed by atoms with E-state index in [1.54, 1.807) is 7.11 Å². The van der Waals surface area contributed by atoms with Gasteiger partial charge in [-0.05, 0) is 75.6 Å². The first-order valence-corrected chi connectivity index (χ1v) is 10.1. The topological polar surface area (TPSA) is 46.6 Å². The molecule has 0 bridgehead atoms. The van der Waals surface area contributed by atoms with Crippen molar-refractivity contribution in [2.75, 3.05) is 20.2 Å². The summed E-state index contributed by atoms with van der Waals surface area (Å²) in [7, 11) is 1.66. The van der Waals surface area contributed by atoms with Gasteiger partial charge in [0.2, 0.25) is 5.91 Å². The fraction of sp³-hybridized carbons (Fsp3) is 0.565. The predicted molar refractivity (Wildman–Crippen MR) is 107 cm³/mol. The van der Waals surface area contributed by atoms with Crippen LogP contribution in [0.25, 0.3) is 0 Å². The summed E-state index contributed by atoms with van der Waals surface area (Å²) in [5, 5.41) is 0. The molecular weight excluding hydrogens is 338 g/mol. The number of rotatable bonds is 5. The quantitative estimate of drug-likeness (QED) is 0.562. The fourth-order valence-electron chi connectivity index (χ4n) is 4.44. The first kappa shape index (κ1) is 19.7. The van der Waals surface area contributed by atoms with Gasteiger partial charge in [-0.1, -0.05) is 11.6 Å². The lowest BCUT2D eigenvalue weighted by molar-refractivity contribution is -0.131. The number of hydrogen-bond donors (Lipinski definition) is 0. The Morgan fingerprint density at radius 1 is 1.15 bits per heavy atom. The largest absolute Gasteiger partial charge is 0.496 e. The minimum Gasteiger partial charge on any atom is -0.496 e. The molecule has 2 aliphatic rings. The van der Waals surface area contributed by atoms with Crippen molar-refractivity contribution < 1.29 is 14.3 Å². The summed E-state index contributed by atoms with van der Waals surface area (Å²) in [6, 6.07) is 3.84. The van der Waals surface area contributed by atoms with E-state index in [4.69, 9.17) is 4.74 Å². The van der Waals surface area contributed by atoms with Crippen LogP contribution in [0.1, 0.15) is 66.4 Å². The van der Waals surface area contributed by atoms with Crippen molar-refractivity contribution in [2.24, 2.45) is 5.92 Å². The van der Waals surface area contributed by atoms with E-state index in [-0.39, 0.29) is 17.6 Å². The molecule has 1 aliphatic heterocycles. The first-order chi connectivity index (χ1) is 13.0. The van der Waals surface area contributed by atoms with Crippen molar-refractivity contribution in [1.82, 2.24) is 4.90 Å². The Hall–Kier alpha value is -2.10. The third-order valence-electron chi connectivity index (χ3n) is 5.86. The number of methoxy groups -OCH3 is 1. The molecule has 1 aliphatic carbocycles. The Kier molecular flexibility index (Phi) is 6.35. The Morgan fingerprint density at radius 2 is 1.89 bits per heavy atom. The number of amides is 1. The number of nitrogens with zero attached hydrogens (tertiary/aromatic N) is 1. The van der Waals surface area contributed by atoms with Crippen LogP contribution in [0.3, 0.4) is 0 Å². The number of likely N-dealkylation sites (tertiary alicyclic amines) is 1. The number of piperidine rings is 1. The lowest BCUT2D eigenvalue weighted by Gasteiger charge is -2.32. The van der Waals surface area contributed by atoms with E-state index in [1.165, 1.54) is 18.4 Å². The second-order valence-corrected chi connectivity index (χ2v) is 7.97. The lowest BCUT2D eigenvalue weighted by atomic mass is 9.88. The number of carbonyl (C=O) groups excluding carboxylic acids is 2. The van der Waals surface area contributed by atoms with Crippen molar-refractivity contribution in [3.63, 3.8) is 0 Å². The molecule has 0 saturated carbocycles.